The second kappa shape index (κ2) is 8.56. The molecule has 0 radical (unpaired) electrons. The lowest BCUT2D eigenvalue weighted by Crippen LogP contribution is -2.43. The highest BCUT2D eigenvalue weighted by atomic mass is 32.2. The molecule has 4 nitrogen and oxygen atoms in total. The number of esters is 1. The zero-order chi connectivity index (χ0) is 17.7. The first-order valence-electron chi connectivity index (χ1n) is 8.61. The van der Waals surface area contributed by atoms with E-state index in [2.05, 4.69) is 32.0 Å². The minimum Gasteiger partial charge on any atom is -0.466 e. The number of hydrogen-bond donors (Lipinski definition) is 0. The summed E-state index contributed by atoms with van der Waals surface area (Å²) in [5.41, 5.74) is 2.41. The Kier molecular flexibility index (Phi) is 6.72. The van der Waals surface area contributed by atoms with Crippen molar-refractivity contribution in [3.63, 3.8) is 0 Å². The van der Waals surface area contributed by atoms with Crippen LogP contribution in [0.2, 0.25) is 0 Å². The fraction of sp³-hybridized carbons (Fsp3) is 0.579. The molecule has 1 aliphatic rings. The van der Waals surface area contributed by atoms with Gasteiger partial charge < -0.3 is 9.64 Å². The number of ether oxygens (including phenoxy) is 1. The zero-order valence-electron chi connectivity index (χ0n) is 15.0. The van der Waals surface area contributed by atoms with E-state index >= 15 is 0 Å². The van der Waals surface area contributed by atoms with Gasteiger partial charge in [-0.1, -0.05) is 17.7 Å². The Morgan fingerprint density at radius 1 is 1.29 bits per heavy atom. The number of likely N-dealkylation sites (tertiary alicyclic amines) is 1. The van der Waals surface area contributed by atoms with Gasteiger partial charge in [0.2, 0.25) is 5.91 Å². The topological polar surface area (TPSA) is 46.6 Å². The van der Waals surface area contributed by atoms with Crippen LogP contribution in [0.15, 0.2) is 23.1 Å². The Morgan fingerprint density at radius 2 is 1.96 bits per heavy atom. The van der Waals surface area contributed by atoms with Crippen LogP contribution in [-0.2, 0) is 14.3 Å². The molecule has 0 saturated carbocycles. The summed E-state index contributed by atoms with van der Waals surface area (Å²) in [4.78, 5) is 27.5. The van der Waals surface area contributed by atoms with Crippen LogP contribution in [0.3, 0.4) is 0 Å². The number of thioether (sulfide) groups is 1. The summed E-state index contributed by atoms with van der Waals surface area (Å²) in [7, 11) is 0. The molecule has 0 bridgehead atoms. The number of carbonyl (C=O) groups excluding carboxylic acids is 2. The van der Waals surface area contributed by atoms with Gasteiger partial charge in [-0.3, -0.25) is 9.59 Å². The predicted molar refractivity (Wildman–Crippen MR) is 97.2 cm³/mol. The van der Waals surface area contributed by atoms with E-state index in [1.807, 2.05) is 18.7 Å². The lowest BCUT2D eigenvalue weighted by molar-refractivity contribution is -0.151. The third kappa shape index (κ3) is 4.76. The molecule has 5 heteroatoms. The third-order valence-corrected chi connectivity index (χ3v) is 5.67. The van der Waals surface area contributed by atoms with Crippen LogP contribution < -0.4 is 0 Å². The standard InChI is InChI=1S/C19H27NO3S/c1-5-23-19(22)16-8-10-20(11-9-16)18(21)15(4)24-17-12-13(2)6-7-14(17)3/h6-7,12,15-16H,5,8-11H2,1-4H3. The van der Waals surface area contributed by atoms with Gasteiger partial charge in [-0.15, -0.1) is 11.8 Å². The second-order valence-electron chi connectivity index (χ2n) is 6.38. The first-order valence-corrected chi connectivity index (χ1v) is 9.49. The van der Waals surface area contributed by atoms with Gasteiger partial charge in [0.25, 0.3) is 0 Å². The molecule has 0 aliphatic carbocycles. The summed E-state index contributed by atoms with van der Waals surface area (Å²) in [5, 5.41) is -0.121. The first kappa shape index (κ1) is 18.8. The molecule has 1 aromatic carbocycles. The largest absolute Gasteiger partial charge is 0.466 e. The molecule has 1 unspecified atom stereocenters. The van der Waals surface area contributed by atoms with Gasteiger partial charge >= 0.3 is 5.97 Å². The van der Waals surface area contributed by atoms with Crippen LogP contribution >= 0.6 is 11.8 Å². The van der Waals surface area contributed by atoms with Gasteiger partial charge in [0.15, 0.2) is 0 Å². The van der Waals surface area contributed by atoms with Crippen LogP contribution in [0.5, 0.6) is 0 Å². The molecule has 1 atom stereocenters. The lowest BCUT2D eigenvalue weighted by Gasteiger charge is -2.32. The quantitative estimate of drug-likeness (QED) is 0.602. The summed E-state index contributed by atoms with van der Waals surface area (Å²) in [6.07, 6.45) is 1.40. The predicted octanol–water partition coefficient (Wildman–Crippen LogP) is 3.59. The van der Waals surface area contributed by atoms with Crippen LogP contribution in [0.4, 0.5) is 0 Å². The fourth-order valence-corrected chi connectivity index (χ4v) is 4.07. The molecular formula is C19H27NO3S. The van der Waals surface area contributed by atoms with E-state index < -0.39 is 0 Å². The highest BCUT2D eigenvalue weighted by Crippen LogP contribution is 2.29. The Hall–Kier alpha value is -1.49. The number of nitrogens with zero attached hydrogens (tertiary/aromatic N) is 1. The Bertz CT molecular complexity index is 594. The molecule has 2 rings (SSSR count). The Morgan fingerprint density at radius 3 is 2.58 bits per heavy atom. The Balaban J connectivity index is 1.90. The average molecular weight is 349 g/mol. The first-order chi connectivity index (χ1) is 11.4. The van der Waals surface area contributed by atoms with Gasteiger partial charge in [-0.2, -0.15) is 0 Å². The monoisotopic (exact) mass is 349 g/mol. The van der Waals surface area contributed by atoms with Crippen molar-refractivity contribution in [3.05, 3.63) is 29.3 Å². The van der Waals surface area contributed by atoms with Crippen molar-refractivity contribution < 1.29 is 14.3 Å². The molecule has 0 aromatic heterocycles. The highest BCUT2D eigenvalue weighted by Gasteiger charge is 2.30. The van der Waals surface area contributed by atoms with E-state index in [0.29, 0.717) is 32.5 Å². The number of aryl methyl sites for hydroxylation is 2. The molecule has 1 saturated heterocycles. The van der Waals surface area contributed by atoms with Crippen LogP contribution in [0.25, 0.3) is 0 Å². The smallest absolute Gasteiger partial charge is 0.309 e. The van der Waals surface area contributed by atoms with Gasteiger partial charge in [0.1, 0.15) is 0 Å². The fourth-order valence-electron chi connectivity index (χ4n) is 2.93. The van der Waals surface area contributed by atoms with Gasteiger partial charge in [0.05, 0.1) is 17.8 Å². The van der Waals surface area contributed by atoms with Crippen molar-refractivity contribution in [3.8, 4) is 0 Å². The molecule has 1 aliphatic heterocycles. The minimum absolute atomic E-state index is 0.0593. The summed E-state index contributed by atoms with van der Waals surface area (Å²) in [5.74, 6) is -0.0263. The van der Waals surface area contributed by atoms with Gasteiger partial charge in [-0.25, -0.2) is 0 Å². The molecule has 24 heavy (non-hydrogen) atoms. The zero-order valence-corrected chi connectivity index (χ0v) is 15.8. The maximum Gasteiger partial charge on any atom is 0.309 e. The average Bonchev–Trinajstić information content (AvgIpc) is 2.57. The number of rotatable bonds is 5. The molecule has 1 fully saturated rings. The SMILES string of the molecule is CCOC(=O)C1CCN(C(=O)C(C)Sc2cc(C)ccc2C)CC1. The van der Waals surface area contributed by atoms with E-state index in [1.165, 1.54) is 11.1 Å². The molecular weight excluding hydrogens is 322 g/mol. The van der Waals surface area contributed by atoms with Crippen LogP contribution in [-0.4, -0.2) is 41.7 Å². The van der Waals surface area contributed by atoms with Gasteiger partial charge in [-0.05, 0) is 52.2 Å². The molecule has 0 N–H and O–H groups in total. The number of piperidine rings is 1. The van der Waals surface area contributed by atoms with Crippen LogP contribution in [0, 0.1) is 19.8 Å². The van der Waals surface area contributed by atoms with Crippen molar-refractivity contribution in [2.24, 2.45) is 5.92 Å². The normalized spacial score (nSPS) is 16.8. The molecule has 1 heterocycles. The second-order valence-corrected chi connectivity index (χ2v) is 7.76. The number of hydrogen-bond acceptors (Lipinski definition) is 4. The van der Waals surface area contributed by atoms with Crippen molar-refractivity contribution in [1.29, 1.82) is 0 Å². The maximum absolute atomic E-state index is 12.7. The van der Waals surface area contributed by atoms with Gasteiger partial charge in [0, 0.05) is 18.0 Å². The Labute approximate surface area is 148 Å². The van der Waals surface area contributed by atoms with Crippen molar-refractivity contribution in [2.45, 2.75) is 50.7 Å². The third-order valence-electron chi connectivity index (χ3n) is 4.42. The summed E-state index contributed by atoms with van der Waals surface area (Å²) in [6.45, 7) is 9.62. The number of carbonyl (C=O) groups is 2. The van der Waals surface area contributed by atoms with Crippen molar-refractivity contribution in [2.75, 3.05) is 19.7 Å². The van der Waals surface area contributed by atoms with E-state index in [4.69, 9.17) is 4.74 Å². The van der Waals surface area contributed by atoms with Crippen LogP contribution in [0.1, 0.15) is 37.8 Å². The molecule has 1 amide bonds. The maximum atomic E-state index is 12.7. The lowest BCUT2D eigenvalue weighted by atomic mass is 9.97. The van der Waals surface area contributed by atoms with E-state index in [0.717, 1.165) is 4.90 Å². The molecule has 1 aromatic rings. The molecule has 0 spiro atoms. The highest BCUT2D eigenvalue weighted by molar-refractivity contribution is 8.00. The minimum atomic E-state index is -0.123. The summed E-state index contributed by atoms with van der Waals surface area (Å²) < 4.78 is 5.08. The summed E-state index contributed by atoms with van der Waals surface area (Å²) in [6, 6.07) is 6.32. The van der Waals surface area contributed by atoms with E-state index in [-0.39, 0.29) is 23.0 Å². The van der Waals surface area contributed by atoms with E-state index in [9.17, 15) is 9.59 Å². The van der Waals surface area contributed by atoms with Crippen molar-refractivity contribution in [1.82, 2.24) is 4.90 Å². The number of amides is 1. The molecule has 132 valence electrons. The summed E-state index contributed by atoms with van der Waals surface area (Å²) >= 11 is 1.62. The van der Waals surface area contributed by atoms with Crippen molar-refractivity contribution >= 4 is 23.6 Å². The number of benzene rings is 1. The van der Waals surface area contributed by atoms with E-state index in [1.54, 1.807) is 11.8 Å².